The zero-order valence-electron chi connectivity index (χ0n) is 16.2. The second-order valence-corrected chi connectivity index (χ2v) is 7.26. The third-order valence-corrected chi connectivity index (χ3v) is 5.15. The molecule has 3 aromatic rings. The molecule has 1 aromatic carbocycles. The number of aromatic amines is 1. The summed E-state index contributed by atoms with van der Waals surface area (Å²) < 4.78 is 6.08. The van der Waals surface area contributed by atoms with E-state index in [1.165, 1.54) is 0 Å². The van der Waals surface area contributed by atoms with Crippen LogP contribution in [0.1, 0.15) is 37.2 Å². The van der Waals surface area contributed by atoms with Crippen molar-refractivity contribution in [3.63, 3.8) is 0 Å². The highest BCUT2D eigenvalue weighted by Crippen LogP contribution is 2.22. The summed E-state index contributed by atoms with van der Waals surface area (Å²) in [5, 5.41) is 3.04. The Kier molecular flexibility index (Phi) is 5.14. The van der Waals surface area contributed by atoms with Crippen LogP contribution in [0.15, 0.2) is 42.7 Å². The normalized spacial score (nSPS) is 16.1. The summed E-state index contributed by atoms with van der Waals surface area (Å²) in [5.41, 5.74) is 2.91. The molecule has 0 radical (unpaired) electrons. The summed E-state index contributed by atoms with van der Waals surface area (Å²) >= 11 is 0. The lowest BCUT2D eigenvalue weighted by Crippen LogP contribution is -2.47. The highest BCUT2D eigenvalue weighted by Gasteiger charge is 2.25. The number of benzene rings is 1. The molecular formula is C21H25N5O2. The Morgan fingerprint density at radius 1 is 1.29 bits per heavy atom. The SMILES string of the molecule is Cc1cnccc1OC1CCN(C(=O)N[C@@H](C)c2nc3ccccc3[nH]2)CC1. The van der Waals surface area contributed by atoms with E-state index in [-0.39, 0.29) is 18.2 Å². The molecule has 3 heterocycles. The number of nitrogens with one attached hydrogen (secondary N) is 2. The van der Waals surface area contributed by atoms with E-state index >= 15 is 0 Å². The molecule has 2 N–H and O–H groups in total. The number of aryl methyl sites for hydroxylation is 1. The maximum atomic E-state index is 12.6. The van der Waals surface area contributed by atoms with Crippen molar-refractivity contribution >= 4 is 17.1 Å². The van der Waals surface area contributed by atoms with E-state index in [1.807, 2.05) is 49.1 Å². The Morgan fingerprint density at radius 2 is 2.07 bits per heavy atom. The van der Waals surface area contributed by atoms with Crippen molar-refractivity contribution in [3.8, 4) is 5.75 Å². The molecule has 1 aliphatic rings. The molecule has 1 aliphatic heterocycles. The molecule has 2 aromatic heterocycles. The average Bonchev–Trinajstić information content (AvgIpc) is 3.15. The minimum atomic E-state index is -0.187. The van der Waals surface area contributed by atoms with Crippen LogP contribution in [0.25, 0.3) is 11.0 Å². The fourth-order valence-electron chi connectivity index (χ4n) is 3.47. The Morgan fingerprint density at radius 3 is 2.82 bits per heavy atom. The summed E-state index contributed by atoms with van der Waals surface area (Å²) in [6.07, 6.45) is 5.29. The topological polar surface area (TPSA) is 83.1 Å². The lowest BCUT2D eigenvalue weighted by atomic mass is 10.1. The number of piperidine rings is 1. The molecule has 0 unspecified atom stereocenters. The highest BCUT2D eigenvalue weighted by atomic mass is 16.5. The first-order valence-electron chi connectivity index (χ1n) is 9.67. The van der Waals surface area contributed by atoms with E-state index in [1.54, 1.807) is 12.4 Å². The van der Waals surface area contributed by atoms with Gasteiger partial charge in [0.2, 0.25) is 0 Å². The Labute approximate surface area is 164 Å². The van der Waals surface area contributed by atoms with Gasteiger partial charge in [-0.2, -0.15) is 0 Å². The van der Waals surface area contributed by atoms with Gasteiger partial charge in [-0.25, -0.2) is 9.78 Å². The minimum absolute atomic E-state index is 0.0634. The molecule has 146 valence electrons. The van der Waals surface area contributed by atoms with Crippen LogP contribution >= 0.6 is 0 Å². The van der Waals surface area contributed by atoms with E-state index in [4.69, 9.17) is 4.74 Å². The van der Waals surface area contributed by atoms with Gasteiger partial charge in [0.05, 0.1) is 17.1 Å². The Bertz CT molecular complexity index is 929. The number of rotatable bonds is 4. The third kappa shape index (κ3) is 3.93. The van der Waals surface area contributed by atoms with Gasteiger partial charge in [0.25, 0.3) is 0 Å². The van der Waals surface area contributed by atoms with Gasteiger partial charge in [-0.1, -0.05) is 12.1 Å². The van der Waals surface area contributed by atoms with Gasteiger partial charge in [-0.3, -0.25) is 4.98 Å². The third-order valence-electron chi connectivity index (χ3n) is 5.15. The first-order chi connectivity index (χ1) is 13.6. The zero-order valence-corrected chi connectivity index (χ0v) is 16.2. The molecule has 0 spiro atoms. The number of H-pyrrole nitrogens is 1. The highest BCUT2D eigenvalue weighted by molar-refractivity contribution is 5.76. The van der Waals surface area contributed by atoms with Crippen LogP contribution in [0.2, 0.25) is 0 Å². The summed E-state index contributed by atoms with van der Waals surface area (Å²) in [4.78, 5) is 26.4. The predicted molar refractivity (Wildman–Crippen MR) is 107 cm³/mol. The van der Waals surface area contributed by atoms with Crippen molar-refractivity contribution in [1.82, 2.24) is 25.2 Å². The van der Waals surface area contributed by atoms with Gasteiger partial charge < -0.3 is 19.9 Å². The lowest BCUT2D eigenvalue weighted by molar-refractivity contribution is 0.109. The number of urea groups is 1. The van der Waals surface area contributed by atoms with Gasteiger partial charge in [0.15, 0.2) is 0 Å². The second kappa shape index (κ2) is 7.88. The van der Waals surface area contributed by atoms with E-state index in [0.717, 1.165) is 41.0 Å². The molecule has 1 saturated heterocycles. The number of hydrogen-bond acceptors (Lipinski definition) is 4. The average molecular weight is 379 g/mol. The number of amides is 2. The maximum Gasteiger partial charge on any atom is 0.317 e. The van der Waals surface area contributed by atoms with Gasteiger partial charge in [-0.05, 0) is 32.0 Å². The molecule has 0 saturated carbocycles. The number of ether oxygens (including phenoxy) is 1. The molecule has 2 amide bonds. The molecular weight excluding hydrogens is 354 g/mol. The monoisotopic (exact) mass is 379 g/mol. The largest absolute Gasteiger partial charge is 0.490 e. The minimum Gasteiger partial charge on any atom is -0.490 e. The predicted octanol–water partition coefficient (Wildman–Crippen LogP) is 3.58. The van der Waals surface area contributed by atoms with Crippen LogP contribution in [-0.4, -0.2) is 45.1 Å². The van der Waals surface area contributed by atoms with Crippen molar-refractivity contribution < 1.29 is 9.53 Å². The zero-order chi connectivity index (χ0) is 19.5. The molecule has 1 fully saturated rings. The number of nitrogens with zero attached hydrogens (tertiary/aromatic N) is 3. The molecule has 7 heteroatoms. The molecule has 4 rings (SSSR count). The van der Waals surface area contributed by atoms with E-state index in [2.05, 4.69) is 20.3 Å². The second-order valence-electron chi connectivity index (χ2n) is 7.26. The number of fused-ring (bicyclic) bond motifs is 1. The van der Waals surface area contributed by atoms with Crippen LogP contribution in [0, 0.1) is 6.92 Å². The van der Waals surface area contributed by atoms with Gasteiger partial charge in [-0.15, -0.1) is 0 Å². The van der Waals surface area contributed by atoms with Crippen LogP contribution < -0.4 is 10.1 Å². The van der Waals surface area contributed by atoms with E-state index in [0.29, 0.717) is 13.1 Å². The number of imidazole rings is 1. The van der Waals surface area contributed by atoms with E-state index in [9.17, 15) is 4.79 Å². The number of hydrogen-bond donors (Lipinski definition) is 2. The lowest BCUT2D eigenvalue weighted by Gasteiger charge is -2.33. The van der Waals surface area contributed by atoms with Gasteiger partial charge in [0, 0.05) is 43.9 Å². The summed E-state index contributed by atoms with van der Waals surface area (Å²) in [5.74, 6) is 1.64. The maximum absolute atomic E-state index is 12.6. The van der Waals surface area contributed by atoms with Gasteiger partial charge in [0.1, 0.15) is 17.7 Å². The van der Waals surface area contributed by atoms with Crippen LogP contribution in [0.3, 0.4) is 0 Å². The van der Waals surface area contributed by atoms with Crippen molar-refractivity contribution in [2.24, 2.45) is 0 Å². The Hall–Kier alpha value is -3.09. The van der Waals surface area contributed by atoms with Crippen LogP contribution in [0.4, 0.5) is 4.79 Å². The quantitative estimate of drug-likeness (QED) is 0.726. The fraction of sp³-hybridized carbons (Fsp3) is 0.381. The molecule has 0 bridgehead atoms. The number of carbonyl (C=O) groups excluding carboxylic acids is 1. The number of para-hydroxylation sites is 2. The number of pyridine rings is 1. The van der Waals surface area contributed by atoms with E-state index < -0.39 is 0 Å². The van der Waals surface area contributed by atoms with Crippen LogP contribution in [0.5, 0.6) is 5.75 Å². The summed E-state index contributed by atoms with van der Waals surface area (Å²) in [6.45, 7) is 5.28. The summed E-state index contributed by atoms with van der Waals surface area (Å²) in [6, 6.07) is 9.50. The number of aromatic nitrogens is 3. The van der Waals surface area contributed by atoms with Crippen molar-refractivity contribution in [1.29, 1.82) is 0 Å². The van der Waals surface area contributed by atoms with Crippen LogP contribution in [-0.2, 0) is 0 Å². The Balaban J connectivity index is 1.30. The smallest absolute Gasteiger partial charge is 0.317 e. The van der Waals surface area contributed by atoms with Gasteiger partial charge >= 0.3 is 6.03 Å². The van der Waals surface area contributed by atoms with Crippen molar-refractivity contribution in [2.45, 2.75) is 38.8 Å². The molecule has 28 heavy (non-hydrogen) atoms. The first-order valence-corrected chi connectivity index (χ1v) is 9.67. The molecule has 7 nitrogen and oxygen atoms in total. The molecule has 1 atom stereocenters. The summed E-state index contributed by atoms with van der Waals surface area (Å²) in [7, 11) is 0. The van der Waals surface area contributed by atoms with Crippen molar-refractivity contribution in [2.75, 3.05) is 13.1 Å². The fourth-order valence-corrected chi connectivity index (χ4v) is 3.47. The first kappa shape index (κ1) is 18.3. The number of likely N-dealkylation sites (tertiary alicyclic amines) is 1. The van der Waals surface area contributed by atoms with Crippen molar-refractivity contribution in [3.05, 3.63) is 54.1 Å². The standard InChI is InChI=1S/C21H25N5O2/c1-14-13-22-10-7-19(14)28-16-8-11-26(12-9-16)21(27)23-15(2)20-24-17-5-3-4-6-18(17)25-20/h3-7,10,13,15-16H,8-9,11-12H2,1-2H3,(H,23,27)(H,24,25)/t15-/m0/s1. The number of carbonyl (C=O) groups is 1. The molecule has 0 aliphatic carbocycles.